The van der Waals surface area contributed by atoms with Crippen LogP contribution in [0.15, 0.2) is 0 Å². The lowest BCUT2D eigenvalue weighted by Gasteiger charge is -2.38. The third-order valence-corrected chi connectivity index (χ3v) is 4.65. The number of carboxylic acid groups (broad SMARTS) is 1. The predicted molar refractivity (Wildman–Crippen MR) is 80.2 cm³/mol. The number of carbonyl (C=O) groups excluding carboxylic acids is 1. The van der Waals surface area contributed by atoms with Crippen molar-refractivity contribution in [3.05, 3.63) is 0 Å². The summed E-state index contributed by atoms with van der Waals surface area (Å²) in [5.74, 6) is -1.09. The van der Waals surface area contributed by atoms with Crippen molar-refractivity contribution in [1.82, 2.24) is 15.1 Å². The SMILES string of the molecule is CC(C)[C@H](NC(=O)N1CCN(C2CCCC2)CC1)C(=O)O. The van der Waals surface area contributed by atoms with Crippen LogP contribution < -0.4 is 5.32 Å². The van der Waals surface area contributed by atoms with Gasteiger partial charge in [0.1, 0.15) is 6.04 Å². The summed E-state index contributed by atoms with van der Waals surface area (Å²) in [6.45, 7) is 6.78. The summed E-state index contributed by atoms with van der Waals surface area (Å²) in [6.07, 6.45) is 5.20. The summed E-state index contributed by atoms with van der Waals surface area (Å²) in [7, 11) is 0. The molecule has 2 N–H and O–H groups in total. The standard InChI is InChI=1S/C15H27N3O3/c1-11(2)13(14(19)20)16-15(21)18-9-7-17(8-10-18)12-5-3-4-6-12/h11-13H,3-10H2,1-2H3,(H,16,21)(H,19,20)/t13-/m0/s1. The molecule has 0 radical (unpaired) electrons. The van der Waals surface area contributed by atoms with Crippen molar-refractivity contribution in [2.45, 2.75) is 51.6 Å². The molecular weight excluding hydrogens is 270 g/mol. The third kappa shape index (κ3) is 4.09. The van der Waals surface area contributed by atoms with Crippen LogP contribution in [0.2, 0.25) is 0 Å². The van der Waals surface area contributed by atoms with Crippen LogP contribution in [0.1, 0.15) is 39.5 Å². The van der Waals surface area contributed by atoms with Crippen molar-refractivity contribution in [2.75, 3.05) is 26.2 Å². The molecule has 0 bridgehead atoms. The fraction of sp³-hybridized carbons (Fsp3) is 0.867. The minimum absolute atomic E-state index is 0.119. The van der Waals surface area contributed by atoms with Crippen LogP contribution in [0.5, 0.6) is 0 Å². The first kappa shape index (κ1) is 16.1. The Labute approximate surface area is 126 Å². The molecule has 2 rings (SSSR count). The van der Waals surface area contributed by atoms with Gasteiger partial charge in [-0.1, -0.05) is 26.7 Å². The Morgan fingerprint density at radius 3 is 2.14 bits per heavy atom. The number of carboxylic acids is 1. The third-order valence-electron chi connectivity index (χ3n) is 4.65. The summed E-state index contributed by atoms with van der Waals surface area (Å²) in [4.78, 5) is 27.5. The van der Waals surface area contributed by atoms with E-state index in [1.165, 1.54) is 25.7 Å². The molecule has 1 atom stereocenters. The Morgan fingerprint density at radius 2 is 1.67 bits per heavy atom. The molecule has 6 heteroatoms. The van der Waals surface area contributed by atoms with Gasteiger partial charge in [-0.2, -0.15) is 0 Å². The van der Waals surface area contributed by atoms with Gasteiger partial charge in [0.25, 0.3) is 0 Å². The summed E-state index contributed by atoms with van der Waals surface area (Å²) in [5, 5.41) is 11.8. The summed E-state index contributed by atoms with van der Waals surface area (Å²) in [6, 6.07) is -0.370. The van der Waals surface area contributed by atoms with Crippen LogP contribution in [0.25, 0.3) is 0 Å². The molecule has 1 saturated heterocycles. The molecule has 0 unspecified atom stereocenters. The van der Waals surface area contributed by atoms with Crippen molar-refractivity contribution < 1.29 is 14.7 Å². The lowest BCUT2D eigenvalue weighted by molar-refractivity contribution is -0.140. The summed E-state index contributed by atoms with van der Waals surface area (Å²) >= 11 is 0. The van der Waals surface area contributed by atoms with Gasteiger partial charge in [-0.25, -0.2) is 9.59 Å². The molecule has 1 aliphatic carbocycles. The Kier molecular flexibility index (Phi) is 5.45. The molecule has 1 saturated carbocycles. The number of rotatable bonds is 4. The monoisotopic (exact) mass is 297 g/mol. The molecule has 21 heavy (non-hydrogen) atoms. The summed E-state index contributed by atoms with van der Waals surface area (Å²) in [5.41, 5.74) is 0. The number of hydrogen-bond acceptors (Lipinski definition) is 3. The Hall–Kier alpha value is -1.30. The highest BCUT2D eigenvalue weighted by Gasteiger charge is 2.30. The quantitative estimate of drug-likeness (QED) is 0.822. The first-order valence-corrected chi connectivity index (χ1v) is 8.01. The van der Waals surface area contributed by atoms with Crippen molar-refractivity contribution in [3.63, 3.8) is 0 Å². The maximum Gasteiger partial charge on any atom is 0.326 e. The normalized spacial score (nSPS) is 22.5. The molecule has 1 aliphatic heterocycles. The van der Waals surface area contributed by atoms with E-state index in [0.29, 0.717) is 19.1 Å². The maximum atomic E-state index is 12.2. The number of urea groups is 1. The van der Waals surface area contributed by atoms with Gasteiger partial charge in [0, 0.05) is 32.2 Å². The van der Waals surface area contributed by atoms with Crippen LogP contribution in [-0.2, 0) is 4.79 Å². The lowest BCUT2D eigenvalue weighted by atomic mass is 10.1. The first-order valence-electron chi connectivity index (χ1n) is 8.01. The van der Waals surface area contributed by atoms with E-state index in [0.717, 1.165) is 13.1 Å². The van der Waals surface area contributed by atoms with E-state index < -0.39 is 12.0 Å². The first-order chi connectivity index (χ1) is 9.99. The molecular formula is C15H27N3O3. The van der Waals surface area contributed by atoms with E-state index in [4.69, 9.17) is 5.11 Å². The molecule has 2 aliphatic rings. The Bertz CT molecular complexity index is 372. The van der Waals surface area contributed by atoms with E-state index in [9.17, 15) is 9.59 Å². The van der Waals surface area contributed by atoms with E-state index in [-0.39, 0.29) is 11.9 Å². The second-order valence-corrected chi connectivity index (χ2v) is 6.47. The average Bonchev–Trinajstić information content (AvgIpc) is 2.98. The topological polar surface area (TPSA) is 72.9 Å². The Balaban J connectivity index is 1.80. The van der Waals surface area contributed by atoms with Crippen LogP contribution in [-0.4, -0.2) is 65.2 Å². The zero-order valence-corrected chi connectivity index (χ0v) is 13.0. The highest BCUT2D eigenvalue weighted by molar-refractivity contribution is 5.82. The number of nitrogens with zero attached hydrogens (tertiary/aromatic N) is 2. The molecule has 2 fully saturated rings. The zero-order chi connectivity index (χ0) is 15.4. The molecule has 6 nitrogen and oxygen atoms in total. The largest absolute Gasteiger partial charge is 0.480 e. The summed E-state index contributed by atoms with van der Waals surface area (Å²) < 4.78 is 0. The van der Waals surface area contributed by atoms with Crippen molar-refractivity contribution >= 4 is 12.0 Å². The highest BCUT2D eigenvalue weighted by Crippen LogP contribution is 2.24. The van der Waals surface area contributed by atoms with Gasteiger partial charge in [-0.15, -0.1) is 0 Å². The molecule has 0 aromatic rings. The van der Waals surface area contributed by atoms with E-state index in [1.807, 2.05) is 0 Å². The van der Waals surface area contributed by atoms with Gasteiger partial charge < -0.3 is 15.3 Å². The lowest BCUT2D eigenvalue weighted by Crippen LogP contribution is -2.56. The number of carbonyl (C=O) groups is 2. The molecule has 0 spiro atoms. The van der Waals surface area contributed by atoms with Crippen LogP contribution >= 0.6 is 0 Å². The number of amides is 2. The predicted octanol–water partition coefficient (Wildman–Crippen LogP) is 1.37. The van der Waals surface area contributed by atoms with Gasteiger partial charge in [-0.05, 0) is 18.8 Å². The van der Waals surface area contributed by atoms with Gasteiger partial charge in [0.05, 0.1) is 0 Å². The fourth-order valence-corrected chi connectivity index (χ4v) is 3.30. The highest BCUT2D eigenvalue weighted by atomic mass is 16.4. The number of piperazine rings is 1. The van der Waals surface area contributed by atoms with Crippen molar-refractivity contribution in [2.24, 2.45) is 5.92 Å². The molecule has 120 valence electrons. The van der Waals surface area contributed by atoms with E-state index >= 15 is 0 Å². The van der Waals surface area contributed by atoms with Gasteiger partial charge >= 0.3 is 12.0 Å². The van der Waals surface area contributed by atoms with Gasteiger partial charge in [0.15, 0.2) is 0 Å². The van der Waals surface area contributed by atoms with Crippen molar-refractivity contribution in [3.8, 4) is 0 Å². The second kappa shape index (κ2) is 7.11. The minimum atomic E-state index is -0.969. The smallest absolute Gasteiger partial charge is 0.326 e. The molecule has 0 aromatic carbocycles. The average molecular weight is 297 g/mol. The molecule has 0 aromatic heterocycles. The van der Waals surface area contributed by atoms with Crippen molar-refractivity contribution in [1.29, 1.82) is 0 Å². The van der Waals surface area contributed by atoms with Crippen LogP contribution in [0.3, 0.4) is 0 Å². The van der Waals surface area contributed by atoms with E-state index in [1.54, 1.807) is 18.7 Å². The van der Waals surface area contributed by atoms with E-state index in [2.05, 4.69) is 10.2 Å². The zero-order valence-electron chi connectivity index (χ0n) is 13.0. The molecule has 1 heterocycles. The van der Waals surface area contributed by atoms with Gasteiger partial charge in [-0.3, -0.25) is 4.90 Å². The maximum absolute atomic E-state index is 12.2. The minimum Gasteiger partial charge on any atom is -0.480 e. The Morgan fingerprint density at radius 1 is 1.10 bits per heavy atom. The number of nitrogens with one attached hydrogen (secondary N) is 1. The molecule has 2 amide bonds. The van der Waals surface area contributed by atoms with Gasteiger partial charge in [0.2, 0.25) is 0 Å². The second-order valence-electron chi connectivity index (χ2n) is 6.47. The fourth-order valence-electron chi connectivity index (χ4n) is 3.30. The van der Waals surface area contributed by atoms with Crippen LogP contribution in [0.4, 0.5) is 4.79 Å². The number of aliphatic carboxylic acids is 1. The number of hydrogen-bond donors (Lipinski definition) is 2. The van der Waals surface area contributed by atoms with Crippen LogP contribution in [0, 0.1) is 5.92 Å².